The van der Waals surface area contributed by atoms with E-state index in [9.17, 15) is 4.79 Å². The molecule has 0 aliphatic carbocycles. The topological polar surface area (TPSA) is 66.9 Å². The Hall–Kier alpha value is -1.85. The van der Waals surface area contributed by atoms with Gasteiger partial charge in [-0.15, -0.1) is 0 Å². The zero-order valence-electron chi connectivity index (χ0n) is 10.7. The summed E-state index contributed by atoms with van der Waals surface area (Å²) in [6, 6.07) is 4.83. The third kappa shape index (κ3) is 3.59. The van der Waals surface area contributed by atoms with E-state index in [1.54, 1.807) is 18.2 Å². The van der Waals surface area contributed by atoms with Crippen LogP contribution in [0.15, 0.2) is 30.6 Å². The first-order valence-electron chi connectivity index (χ1n) is 5.92. The smallest absolute Gasteiger partial charge is 0.275 e. The number of carbonyl (C=O) groups excluding carboxylic acids is 1. The maximum Gasteiger partial charge on any atom is 0.275 e. The molecule has 1 aromatic carbocycles. The van der Waals surface area contributed by atoms with Crippen LogP contribution in [-0.2, 0) is 0 Å². The maximum atomic E-state index is 12.0. The predicted molar refractivity (Wildman–Crippen MR) is 80.6 cm³/mol. The number of nitrogens with one attached hydrogen (secondary N) is 2. The highest BCUT2D eigenvalue weighted by Gasteiger charge is 2.10. The van der Waals surface area contributed by atoms with Gasteiger partial charge in [-0.2, -0.15) is 0 Å². The van der Waals surface area contributed by atoms with Crippen molar-refractivity contribution in [1.82, 2.24) is 9.97 Å². The highest BCUT2D eigenvalue weighted by Crippen LogP contribution is 2.25. The van der Waals surface area contributed by atoms with Crippen LogP contribution in [0.3, 0.4) is 0 Å². The van der Waals surface area contributed by atoms with E-state index in [0.29, 0.717) is 21.6 Å². The molecule has 0 atom stereocenters. The van der Waals surface area contributed by atoms with Crippen molar-refractivity contribution in [2.75, 3.05) is 17.2 Å². The van der Waals surface area contributed by atoms with Crippen LogP contribution in [0.1, 0.15) is 17.4 Å². The summed E-state index contributed by atoms with van der Waals surface area (Å²) in [5.74, 6) is 0.217. The number of carbonyl (C=O) groups is 1. The molecule has 2 aromatic rings. The van der Waals surface area contributed by atoms with E-state index in [0.717, 1.165) is 6.54 Å². The molecule has 104 valence electrons. The number of amides is 1. The molecule has 0 saturated heterocycles. The van der Waals surface area contributed by atoms with Crippen LogP contribution in [0.25, 0.3) is 0 Å². The van der Waals surface area contributed by atoms with Gasteiger partial charge in [0.15, 0.2) is 0 Å². The Morgan fingerprint density at radius 1 is 1.25 bits per heavy atom. The second-order valence-corrected chi connectivity index (χ2v) is 4.74. The van der Waals surface area contributed by atoms with Crippen LogP contribution in [0, 0.1) is 0 Å². The Morgan fingerprint density at radius 2 is 2.05 bits per heavy atom. The fourth-order valence-corrected chi connectivity index (χ4v) is 1.83. The zero-order valence-corrected chi connectivity index (χ0v) is 12.2. The second-order valence-electron chi connectivity index (χ2n) is 3.90. The Balaban J connectivity index is 2.13. The largest absolute Gasteiger partial charge is 0.369 e. The number of hydrogen-bond donors (Lipinski definition) is 2. The van der Waals surface area contributed by atoms with Crippen molar-refractivity contribution in [3.8, 4) is 0 Å². The fourth-order valence-electron chi connectivity index (χ4n) is 1.50. The highest BCUT2D eigenvalue weighted by molar-refractivity contribution is 6.35. The van der Waals surface area contributed by atoms with Crippen molar-refractivity contribution < 1.29 is 4.79 Å². The normalized spacial score (nSPS) is 10.2. The molecule has 7 heteroatoms. The lowest BCUT2D eigenvalue weighted by Gasteiger charge is -2.07. The summed E-state index contributed by atoms with van der Waals surface area (Å²) in [7, 11) is 0. The number of aromatic nitrogens is 2. The van der Waals surface area contributed by atoms with E-state index in [-0.39, 0.29) is 5.69 Å². The van der Waals surface area contributed by atoms with Crippen molar-refractivity contribution in [3.05, 3.63) is 46.3 Å². The van der Waals surface area contributed by atoms with Gasteiger partial charge in [-0.25, -0.2) is 9.97 Å². The van der Waals surface area contributed by atoms with E-state index in [2.05, 4.69) is 20.6 Å². The minimum absolute atomic E-state index is 0.197. The van der Waals surface area contributed by atoms with E-state index in [1.807, 2.05) is 6.92 Å². The molecule has 0 aliphatic heterocycles. The molecule has 0 saturated carbocycles. The monoisotopic (exact) mass is 310 g/mol. The van der Waals surface area contributed by atoms with Gasteiger partial charge in [-0.05, 0) is 25.1 Å². The molecule has 2 rings (SSSR count). The third-order valence-corrected chi connectivity index (χ3v) is 2.98. The van der Waals surface area contributed by atoms with Gasteiger partial charge in [0, 0.05) is 11.6 Å². The van der Waals surface area contributed by atoms with Gasteiger partial charge in [0.2, 0.25) is 0 Å². The second kappa shape index (κ2) is 6.54. The molecule has 5 nitrogen and oxygen atoms in total. The van der Waals surface area contributed by atoms with Gasteiger partial charge in [-0.3, -0.25) is 4.79 Å². The van der Waals surface area contributed by atoms with Crippen molar-refractivity contribution >= 4 is 40.6 Å². The molecule has 20 heavy (non-hydrogen) atoms. The number of benzene rings is 1. The van der Waals surface area contributed by atoms with Crippen LogP contribution in [0.2, 0.25) is 10.0 Å². The van der Waals surface area contributed by atoms with Crippen LogP contribution in [-0.4, -0.2) is 22.4 Å². The van der Waals surface area contributed by atoms with Gasteiger partial charge < -0.3 is 10.6 Å². The van der Waals surface area contributed by atoms with Crippen molar-refractivity contribution in [3.63, 3.8) is 0 Å². The molecule has 0 bridgehead atoms. The summed E-state index contributed by atoms with van der Waals surface area (Å²) >= 11 is 11.8. The lowest BCUT2D eigenvalue weighted by atomic mass is 10.3. The summed E-state index contributed by atoms with van der Waals surface area (Å²) in [4.78, 5) is 20.1. The molecule has 0 fully saturated rings. The van der Waals surface area contributed by atoms with Gasteiger partial charge in [-0.1, -0.05) is 23.2 Å². The van der Waals surface area contributed by atoms with E-state index in [1.165, 1.54) is 12.4 Å². The molecule has 0 aliphatic rings. The quantitative estimate of drug-likeness (QED) is 0.907. The van der Waals surface area contributed by atoms with Crippen molar-refractivity contribution in [2.45, 2.75) is 6.92 Å². The average Bonchev–Trinajstić information content (AvgIpc) is 2.44. The van der Waals surface area contributed by atoms with Crippen molar-refractivity contribution in [2.24, 2.45) is 0 Å². The number of anilines is 2. The molecular formula is C13H12Cl2N4O. The number of rotatable bonds is 4. The molecule has 0 unspecified atom stereocenters. The first-order valence-corrected chi connectivity index (χ1v) is 6.68. The van der Waals surface area contributed by atoms with Gasteiger partial charge in [0.05, 0.1) is 23.1 Å². The van der Waals surface area contributed by atoms with Gasteiger partial charge in [0.25, 0.3) is 5.91 Å². The van der Waals surface area contributed by atoms with E-state index in [4.69, 9.17) is 23.2 Å². The van der Waals surface area contributed by atoms with Gasteiger partial charge in [0.1, 0.15) is 11.5 Å². The standard InChI is InChI=1S/C13H12Cl2N4O/c1-2-16-12-7-17-11(6-18-12)13(20)19-10-5-8(14)3-4-9(10)15/h3-7H,2H2,1H3,(H,16,18)(H,19,20). The number of nitrogens with zero attached hydrogens (tertiary/aromatic N) is 2. The van der Waals surface area contributed by atoms with Crippen LogP contribution in [0.4, 0.5) is 11.5 Å². The van der Waals surface area contributed by atoms with E-state index < -0.39 is 5.91 Å². The summed E-state index contributed by atoms with van der Waals surface area (Å²) in [5.41, 5.74) is 0.629. The Morgan fingerprint density at radius 3 is 2.70 bits per heavy atom. The summed E-state index contributed by atoms with van der Waals surface area (Å²) < 4.78 is 0. The highest BCUT2D eigenvalue weighted by atomic mass is 35.5. The lowest BCUT2D eigenvalue weighted by Crippen LogP contribution is -2.14. The zero-order chi connectivity index (χ0) is 14.5. The minimum atomic E-state index is -0.398. The summed E-state index contributed by atoms with van der Waals surface area (Å²) in [6.07, 6.45) is 2.89. The van der Waals surface area contributed by atoms with E-state index >= 15 is 0 Å². The molecular weight excluding hydrogens is 299 g/mol. The van der Waals surface area contributed by atoms with Crippen LogP contribution in [0.5, 0.6) is 0 Å². The van der Waals surface area contributed by atoms with Crippen LogP contribution >= 0.6 is 23.2 Å². The minimum Gasteiger partial charge on any atom is -0.369 e. The van der Waals surface area contributed by atoms with Crippen molar-refractivity contribution in [1.29, 1.82) is 0 Å². The Labute approximate surface area is 126 Å². The Bertz CT molecular complexity index is 616. The molecule has 1 amide bonds. The lowest BCUT2D eigenvalue weighted by molar-refractivity contribution is 0.102. The average molecular weight is 311 g/mol. The fraction of sp³-hybridized carbons (Fsp3) is 0.154. The molecule has 0 spiro atoms. The van der Waals surface area contributed by atoms with Crippen LogP contribution < -0.4 is 10.6 Å². The molecule has 2 N–H and O–H groups in total. The predicted octanol–water partition coefficient (Wildman–Crippen LogP) is 3.47. The molecule has 1 aromatic heterocycles. The molecule has 1 heterocycles. The molecule has 0 radical (unpaired) electrons. The maximum absolute atomic E-state index is 12.0. The Kier molecular flexibility index (Phi) is 4.76. The van der Waals surface area contributed by atoms with Gasteiger partial charge >= 0.3 is 0 Å². The summed E-state index contributed by atoms with van der Waals surface area (Å²) in [6.45, 7) is 2.68. The number of hydrogen-bond acceptors (Lipinski definition) is 4. The SMILES string of the molecule is CCNc1cnc(C(=O)Nc2cc(Cl)ccc2Cl)cn1. The first kappa shape index (κ1) is 14.6. The summed E-state index contributed by atoms with van der Waals surface area (Å²) in [5, 5.41) is 6.52. The number of halogens is 2. The third-order valence-electron chi connectivity index (χ3n) is 2.42. The first-order chi connectivity index (χ1) is 9.60.